The molecule has 0 bridgehead atoms. The summed E-state index contributed by atoms with van der Waals surface area (Å²) in [5, 5.41) is 0. The summed E-state index contributed by atoms with van der Waals surface area (Å²) in [4.78, 5) is 29.3. The highest BCUT2D eigenvalue weighted by Gasteiger charge is 2.35. The van der Waals surface area contributed by atoms with Crippen molar-refractivity contribution in [1.29, 1.82) is 0 Å². The van der Waals surface area contributed by atoms with Crippen LogP contribution in [0.15, 0.2) is 91.1 Å². The maximum Gasteiger partial charge on any atom is 0.335 e. The first-order chi connectivity index (χ1) is 19.0. The standard InChI is InChI=1S/C30H30N6O2S/c1-3-10-26(31)28(39)36(24-13-8-5-9-14-24)29-32-19-21-20-34(22-15-17-25(38-2)18-16-22)30(37)35(27(21)33-29)23-11-6-4-7-12-23/h4-9,11-19,26H,3,10,20,31H2,1-2H3/t26-/m0/s1. The Balaban J connectivity index is 1.62. The molecule has 0 saturated heterocycles. The van der Waals surface area contributed by atoms with Gasteiger partial charge in [-0.25, -0.2) is 14.7 Å². The minimum atomic E-state index is -0.345. The number of para-hydroxylation sites is 2. The van der Waals surface area contributed by atoms with Crippen molar-refractivity contribution in [3.05, 3.63) is 96.7 Å². The Labute approximate surface area is 233 Å². The quantitative estimate of drug-likeness (QED) is 0.261. The normalized spacial score (nSPS) is 13.6. The molecule has 39 heavy (non-hydrogen) atoms. The Morgan fingerprint density at radius 3 is 2.33 bits per heavy atom. The molecule has 0 fully saturated rings. The van der Waals surface area contributed by atoms with Crippen LogP contribution in [0.2, 0.25) is 0 Å². The van der Waals surface area contributed by atoms with Crippen LogP contribution in [0.4, 0.5) is 33.6 Å². The number of benzene rings is 3. The van der Waals surface area contributed by atoms with Crippen molar-refractivity contribution in [1.82, 2.24) is 9.97 Å². The van der Waals surface area contributed by atoms with Gasteiger partial charge in [-0.1, -0.05) is 62.0 Å². The third-order valence-electron chi connectivity index (χ3n) is 6.54. The number of urea groups is 1. The lowest BCUT2D eigenvalue weighted by atomic mass is 10.1. The molecule has 1 aromatic heterocycles. The Hall–Kier alpha value is -4.34. The van der Waals surface area contributed by atoms with Crippen LogP contribution in [-0.2, 0) is 6.54 Å². The average Bonchev–Trinajstić information content (AvgIpc) is 2.98. The molecule has 0 radical (unpaired) electrons. The summed E-state index contributed by atoms with van der Waals surface area (Å²) in [5.74, 6) is 1.59. The fourth-order valence-corrected chi connectivity index (χ4v) is 4.85. The molecule has 0 saturated carbocycles. The number of thiocarbonyl (C=S) groups is 1. The van der Waals surface area contributed by atoms with Gasteiger partial charge in [0.25, 0.3) is 0 Å². The van der Waals surface area contributed by atoms with Crippen LogP contribution >= 0.6 is 12.2 Å². The Bertz CT molecular complexity index is 1450. The summed E-state index contributed by atoms with van der Waals surface area (Å²) in [6, 6.07) is 26.0. The van der Waals surface area contributed by atoms with Crippen LogP contribution in [0.3, 0.4) is 0 Å². The molecule has 2 amide bonds. The number of anilines is 5. The van der Waals surface area contributed by atoms with E-state index in [9.17, 15) is 4.79 Å². The van der Waals surface area contributed by atoms with E-state index in [1.165, 1.54) is 0 Å². The van der Waals surface area contributed by atoms with Crippen molar-refractivity contribution >= 4 is 52.1 Å². The number of carbonyl (C=O) groups is 1. The third-order valence-corrected chi connectivity index (χ3v) is 7.03. The van der Waals surface area contributed by atoms with Crippen LogP contribution in [0.5, 0.6) is 5.75 Å². The SMILES string of the molecule is CCC[C@H](N)C(=S)N(c1ccccc1)c1ncc2c(n1)N(c1ccccc1)C(=O)N(c1ccc(OC)cc1)C2. The van der Waals surface area contributed by atoms with Gasteiger partial charge < -0.3 is 10.5 Å². The number of nitrogens with two attached hydrogens (primary N) is 1. The lowest BCUT2D eigenvalue weighted by molar-refractivity contribution is 0.252. The molecule has 9 heteroatoms. The molecule has 8 nitrogen and oxygen atoms in total. The van der Waals surface area contributed by atoms with Crippen molar-refractivity contribution < 1.29 is 9.53 Å². The molecule has 2 N–H and O–H groups in total. The lowest BCUT2D eigenvalue weighted by Crippen LogP contribution is -2.46. The van der Waals surface area contributed by atoms with Crippen LogP contribution in [0.1, 0.15) is 25.3 Å². The minimum Gasteiger partial charge on any atom is -0.497 e. The average molecular weight is 539 g/mol. The molecular weight excluding hydrogens is 508 g/mol. The molecule has 0 aliphatic carbocycles. The highest BCUT2D eigenvalue weighted by molar-refractivity contribution is 7.80. The van der Waals surface area contributed by atoms with Crippen molar-refractivity contribution in [3.8, 4) is 5.75 Å². The fourth-order valence-electron chi connectivity index (χ4n) is 4.54. The van der Waals surface area contributed by atoms with Crippen LogP contribution in [0, 0.1) is 0 Å². The molecule has 1 atom stereocenters. The number of aromatic nitrogens is 2. The van der Waals surface area contributed by atoms with E-state index in [0.717, 1.165) is 35.5 Å². The largest absolute Gasteiger partial charge is 0.497 e. The first kappa shape index (κ1) is 26.3. The van der Waals surface area contributed by atoms with Gasteiger partial charge in [0.05, 0.1) is 25.4 Å². The maximum absolute atomic E-state index is 14.0. The summed E-state index contributed by atoms with van der Waals surface area (Å²) >= 11 is 5.85. The molecule has 4 aromatic rings. The molecule has 0 spiro atoms. The van der Waals surface area contributed by atoms with Crippen molar-refractivity contribution in [2.24, 2.45) is 5.73 Å². The predicted molar refractivity (Wildman–Crippen MR) is 159 cm³/mol. The van der Waals surface area contributed by atoms with Crippen LogP contribution < -0.4 is 25.2 Å². The van der Waals surface area contributed by atoms with Gasteiger partial charge in [-0.15, -0.1) is 0 Å². The molecule has 198 valence electrons. The smallest absolute Gasteiger partial charge is 0.335 e. The number of rotatable bonds is 8. The van der Waals surface area contributed by atoms with E-state index in [1.807, 2.05) is 84.9 Å². The Morgan fingerprint density at radius 2 is 1.69 bits per heavy atom. The number of carbonyl (C=O) groups excluding carboxylic acids is 1. The van der Waals surface area contributed by atoms with Crippen LogP contribution in [0.25, 0.3) is 0 Å². The number of nitrogens with zero attached hydrogens (tertiary/aromatic N) is 5. The number of amides is 2. The lowest BCUT2D eigenvalue weighted by Gasteiger charge is -2.37. The van der Waals surface area contributed by atoms with Gasteiger partial charge >= 0.3 is 6.03 Å². The Kier molecular flexibility index (Phi) is 7.81. The maximum atomic E-state index is 14.0. The van der Waals surface area contributed by atoms with Crippen molar-refractivity contribution in [2.75, 3.05) is 21.8 Å². The first-order valence-electron chi connectivity index (χ1n) is 12.8. The fraction of sp³-hybridized carbons (Fsp3) is 0.200. The second kappa shape index (κ2) is 11.6. The van der Waals surface area contributed by atoms with Gasteiger partial charge in [0.1, 0.15) is 10.7 Å². The highest BCUT2D eigenvalue weighted by Crippen LogP contribution is 2.37. The van der Waals surface area contributed by atoms with Crippen molar-refractivity contribution in [3.63, 3.8) is 0 Å². The summed E-state index contributed by atoms with van der Waals surface area (Å²) < 4.78 is 5.30. The summed E-state index contributed by atoms with van der Waals surface area (Å²) in [7, 11) is 1.61. The number of hydrogen-bond acceptors (Lipinski definition) is 6. The summed E-state index contributed by atoms with van der Waals surface area (Å²) in [6.45, 7) is 2.39. The van der Waals surface area contributed by atoms with Gasteiger partial charge in [-0.05, 0) is 55.0 Å². The zero-order chi connectivity index (χ0) is 27.4. The first-order valence-corrected chi connectivity index (χ1v) is 13.2. The zero-order valence-corrected chi connectivity index (χ0v) is 22.7. The molecule has 0 unspecified atom stereocenters. The number of ether oxygens (including phenoxy) is 1. The predicted octanol–water partition coefficient (Wildman–Crippen LogP) is 6.36. The van der Waals surface area contributed by atoms with Gasteiger partial charge in [0.2, 0.25) is 5.95 Å². The molecular formula is C30H30N6O2S. The van der Waals surface area contributed by atoms with Gasteiger partial charge in [0.15, 0.2) is 5.82 Å². The van der Waals surface area contributed by atoms with E-state index in [-0.39, 0.29) is 12.1 Å². The second-order valence-electron chi connectivity index (χ2n) is 9.16. The van der Waals surface area contributed by atoms with E-state index in [1.54, 1.807) is 28.0 Å². The van der Waals surface area contributed by atoms with Crippen molar-refractivity contribution in [2.45, 2.75) is 32.4 Å². The van der Waals surface area contributed by atoms with E-state index in [0.29, 0.717) is 29.0 Å². The monoisotopic (exact) mass is 538 g/mol. The number of methoxy groups -OCH3 is 1. The van der Waals surface area contributed by atoms with Gasteiger partial charge in [-0.2, -0.15) is 4.98 Å². The number of hydrogen-bond donors (Lipinski definition) is 1. The Morgan fingerprint density at radius 1 is 1.03 bits per heavy atom. The van der Waals surface area contributed by atoms with Gasteiger partial charge in [0, 0.05) is 23.1 Å². The number of fused-ring (bicyclic) bond motifs is 1. The topological polar surface area (TPSA) is 87.8 Å². The van der Waals surface area contributed by atoms with Crippen LogP contribution in [-0.4, -0.2) is 34.1 Å². The second-order valence-corrected chi connectivity index (χ2v) is 9.58. The molecule has 1 aliphatic rings. The molecule has 3 aromatic carbocycles. The van der Waals surface area contributed by atoms with Gasteiger partial charge in [-0.3, -0.25) is 9.80 Å². The molecule has 1 aliphatic heterocycles. The van der Waals surface area contributed by atoms with E-state index >= 15 is 0 Å². The van der Waals surface area contributed by atoms with E-state index < -0.39 is 0 Å². The zero-order valence-electron chi connectivity index (χ0n) is 21.9. The molecule has 5 rings (SSSR count). The summed E-state index contributed by atoms with van der Waals surface area (Å²) in [5.41, 5.74) is 9.52. The molecule has 2 heterocycles. The summed E-state index contributed by atoms with van der Waals surface area (Å²) in [6.07, 6.45) is 3.39. The highest BCUT2D eigenvalue weighted by atomic mass is 32.1. The van der Waals surface area contributed by atoms with E-state index in [2.05, 4.69) is 6.92 Å². The minimum absolute atomic E-state index is 0.222. The van der Waals surface area contributed by atoms with E-state index in [4.69, 9.17) is 32.7 Å². The third kappa shape index (κ3) is 5.32.